The van der Waals surface area contributed by atoms with Gasteiger partial charge in [-0.1, -0.05) is 39.3 Å². The summed E-state index contributed by atoms with van der Waals surface area (Å²) in [4.78, 5) is 75.8. The maximum Gasteiger partial charge on any atom is 0.262 e. The topological polar surface area (TPSA) is 176 Å². The van der Waals surface area contributed by atoms with Crippen LogP contribution < -0.4 is 15.2 Å². The fourth-order valence-electron chi connectivity index (χ4n) is 9.57. The fraction of sp³-hybridized carbons (Fsp3) is 0.465. The number of fused-ring (bicyclic) bond motifs is 1. The molecule has 2 aromatic carbocycles. The van der Waals surface area contributed by atoms with E-state index < -0.39 is 52.6 Å². The van der Waals surface area contributed by atoms with Gasteiger partial charge in [0, 0.05) is 48.3 Å². The molecule has 14 heteroatoms. The van der Waals surface area contributed by atoms with E-state index in [1.807, 2.05) is 39.8 Å². The van der Waals surface area contributed by atoms with Crippen LogP contribution >= 0.6 is 11.6 Å². The van der Waals surface area contributed by atoms with Crippen molar-refractivity contribution >= 4 is 41.1 Å². The monoisotopic (exact) mass is 794 g/mol. The molecular formula is C43H47ClN6O7. The second kappa shape index (κ2) is 15.6. The van der Waals surface area contributed by atoms with Gasteiger partial charge in [0.15, 0.2) is 0 Å². The van der Waals surface area contributed by atoms with Crippen LogP contribution in [0.5, 0.6) is 11.5 Å². The number of likely N-dealkylation sites (tertiary alicyclic amines) is 2. The molecule has 0 radical (unpaired) electrons. The molecule has 0 bridgehead atoms. The normalized spacial score (nSPS) is 23.2. The van der Waals surface area contributed by atoms with E-state index in [9.17, 15) is 29.2 Å². The second-order valence-corrected chi connectivity index (χ2v) is 17.1. The third-order valence-corrected chi connectivity index (χ3v) is 12.4. The minimum atomic E-state index is -1.13. The first kappa shape index (κ1) is 39.9. The molecule has 1 saturated carbocycles. The van der Waals surface area contributed by atoms with Crippen molar-refractivity contribution in [2.24, 2.45) is 16.6 Å². The standard InChI is InChI=1S/C43H47ClN6O7/c1-42(2)40(43(3,4)41(42)57-30-11-9-25(23-45)33(44)22-30)50-35(51)15-14-34(39(50)55)49-37(53)31-13-12-29(21-32(31)38(49)54)56-28-16-19-48(20-17-28)18-6-5-7-27-10-8-26(24-47-27)36(46)52/h8-13,21-22,24,28,34,40-41H,5-7,14-20H2,1-4H3,(H2,46,52). The summed E-state index contributed by atoms with van der Waals surface area (Å²) in [6.07, 6.45) is 5.51. The van der Waals surface area contributed by atoms with Crippen molar-refractivity contribution in [1.82, 2.24) is 19.7 Å². The Kier molecular flexibility index (Phi) is 10.9. The van der Waals surface area contributed by atoms with Crippen molar-refractivity contribution in [3.63, 3.8) is 0 Å². The number of halogens is 1. The number of imide groups is 2. The van der Waals surface area contributed by atoms with Crippen LogP contribution in [0.3, 0.4) is 0 Å². The number of benzene rings is 2. The maximum atomic E-state index is 14.3. The predicted octanol–water partition coefficient (Wildman–Crippen LogP) is 5.57. The highest BCUT2D eigenvalue weighted by Gasteiger charge is 2.68. The summed E-state index contributed by atoms with van der Waals surface area (Å²) in [7, 11) is 0. The third kappa shape index (κ3) is 7.48. The number of rotatable bonds is 12. The Morgan fingerprint density at radius 1 is 0.895 bits per heavy atom. The second-order valence-electron chi connectivity index (χ2n) is 16.7. The minimum Gasteiger partial charge on any atom is -0.490 e. The van der Waals surface area contributed by atoms with Crippen LogP contribution in [-0.4, -0.2) is 93.1 Å². The molecule has 3 aliphatic heterocycles. The number of unbranched alkanes of at least 4 members (excludes halogenated alkanes) is 1. The van der Waals surface area contributed by atoms with E-state index in [2.05, 4.69) is 9.88 Å². The molecule has 5 amide bonds. The summed E-state index contributed by atoms with van der Waals surface area (Å²) < 4.78 is 12.7. The number of pyridine rings is 1. The zero-order valence-electron chi connectivity index (χ0n) is 32.6. The van der Waals surface area contributed by atoms with E-state index in [4.69, 9.17) is 26.8 Å². The number of nitrogens with two attached hydrogens (primary N) is 1. The van der Waals surface area contributed by atoms with Gasteiger partial charge in [0.2, 0.25) is 11.8 Å². The Hall–Kier alpha value is -5.32. The first-order valence-corrected chi connectivity index (χ1v) is 19.9. The van der Waals surface area contributed by atoms with Crippen molar-refractivity contribution in [1.29, 1.82) is 5.26 Å². The van der Waals surface area contributed by atoms with Gasteiger partial charge in [0.25, 0.3) is 17.7 Å². The van der Waals surface area contributed by atoms with E-state index in [0.717, 1.165) is 62.3 Å². The lowest BCUT2D eigenvalue weighted by Crippen LogP contribution is -2.77. The van der Waals surface area contributed by atoms with Gasteiger partial charge in [0.1, 0.15) is 35.8 Å². The van der Waals surface area contributed by atoms with Crippen molar-refractivity contribution in [2.45, 2.75) is 96.9 Å². The van der Waals surface area contributed by atoms with E-state index >= 15 is 0 Å². The van der Waals surface area contributed by atoms with Crippen LogP contribution in [0, 0.1) is 22.2 Å². The van der Waals surface area contributed by atoms with E-state index in [0.29, 0.717) is 22.6 Å². The average Bonchev–Trinajstić information content (AvgIpc) is 3.42. The summed E-state index contributed by atoms with van der Waals surface area (Å²) in [5, 5.41) is 9.52. The molecule has 0 spiro atoms. The molecule has 1 aromatic heterocycles. The number of hydrogen-bond acceptors (Lipinski definition) is 10. The number of hydrogen-bond donors (Lipinski definition) is 1. The van der Waals surface area contributed by atoms with Crippen LogP contribution in [0.2, 0.25) is 5.02 Å². The van der Waals surface area contributed by atoms with Crippen molar-refractivity contribution in [2.75, 3.05) is 19.6 Å². The van der Waals surface area contributed by atoms with E-state index in [1.165, 1.54) is 11.1 Å². The number of carbonyl (C=O) groups is 5. The molecule has 3 fully saturated rings. The highest BCUT2D eigenvalue weighted by Crippen LogP contribution is 2.58. The first-order chi connectivity index (χ1) is 27.1. The van der Waals surface area contributed by atoms with Crippen molar-refractivity contribution in [3.8, 4) is 17.6 Å². The van der Waals surface area contributed by atoms with Gasteiger partial charge in [-0.3, -0.25) is 38.8 Å². The van der Waals surface area contributed by atoms with Gasteiger partial charge in [0.05, 0.1) is 33.3 Å². The Bertz CT molecular complexity index is 2140. The molecule has 1 atom stereocenters. The zero-order chi connectivity index (χ0) is 40.8. The number of carbonyl (C=O) groups excluding carboxylic acids is 5. The van der Waals surface area contributed by atoms with Gasteiger partial charge in [-0.15, -0.1) is 0 Å². The molecule has 1 aliphatic carbocycles. The Morgan fingerprint density at radius 2 is 1.58 bits per heavy atom. The third-order valence-electron chi connectivity index (χ3n) is 12.1. The van der Waals surface area contributed by atoms with Crippen molar-refractivity contribution < 1.29 is 33.4 Å². The number of nitrogens with zero attached hydrogens (tertiary/aromatic N) is 5. The lowest BCUT2D eigenvalue weighted by molar-refractivity contribution is -0.216. The van der Waals surface area contributed by atoms with Crippen LogP contribution in [0.4, 0.5) is 0 Å². The van der Waals surface area contributed by atoms with Crippen LogP contribution in [0.1, 0.15) is 109 Å². The summed E-state index contributed by atoms with van der Waals surface area (Å²) >= 11 is 6.26. The number of piperidine rings is 2. The average molecular weight is 795 g/mol. The number of aromatic nitrogens is 1. The van der Waals surface area contributed by atoms with Crippen molar-refractivity contribution in [3.05, 3.63) is 87.7 Å². The highest BCUT2D eigenvalue weighted by atomic mass is 35.5. The number of aryl methyl sites for hydroxylation is 1. The zero-order valence-corrected chi connectivity index (χ0v) is 33.4. The van der Waals surface area contributed by atoms with Gasteiger partial charge < -0.3 is 20.1 Å². The fourth-order valence-corrected chi connectivity index (χ4v) is 9.78. The number of ether oxygens (including phenoxy) is 2. The summed E-state index contributed by atoms with van der Waals surface area (Å²) in [5.41, 5.74) is 5.93. The highest BCUT2D eigenvalue weighted by molar-refractivity contribution is 6.31. The number of nitriles is 1. The Morgan fingerprint density at radius 3 is 2.23 bits per heavy atom. The Balaban J connectivity index is 0.948. The molecule has 298 valence electrons. The largest absolute Gasteiger partial charge is 0.490 e. The molecule has 2 saturated heterocycles. The number of amides is 5. The lowest BCUT2D eigenvalue weighted by atomic mass is 9.48. The predicted molar refractivity (Wildman–Crippen MR) is 210 cm³/mol. The van der Waals surface area contributed by atoms with E-state index in [1.54, 1.807) is 42.5 Å². The molecule has 57 heavy (non-hydrogen) atoms. The van der Waals surface area contributed by atoms with Gasteiger partial charge >= 0.3 is 0 Å². The van der Waals surface area contributed by atoms with Gasteiger partial charge in [-0.25, -0.2) is 0 Å². The molecule has 13 nitrogen and oxygen atoms in total. The molecule has 4 aliphatic rings. The molecule has 3 aromatic rings. The lowest BCUT2D eigenvalue weighted by Gasteiger charge is -2.65. The molecule has 1 unspecified atom stereocenters. The quantitative estimate of drug-likeness (QED) is 0.180. The smallest absolute Gasteiger partial charge is 0.262 e. The molecule has 7 rings (SSSR count). The number of primary amides is 1. The van der Waals surface area contributed by atoms with Crippen LogP contribution in [0.15, 0.2) is 54.7 Å². The SMILES string of the molecule is CC1(C)C(Oc2ccc(C#N)c(Cl)c2)C(C)(C)C1N1C(=O)CCC(N2C(=O)c3ccc(OC4CCN(CCCCc5ccc(C(N)=O)cn5)CC4)cc3C2=O)C1=O. The van der Waals surface area contributed by atoms with E-state index in [-0.39, 0.29) is 41.0 Å². The molecular weight excluding hydrogens is 748 g/mol. The van der Waals surface area contributed by atoms with Gasteiger partial charge in [-0.2, -0.15) is 5.26 Å². The summed E-state index contributed by atoms with van der Waals surface area (Å²) in [6, 6.07) is 13.6. The van der Waals surface area contributed by atoms with Crippen LogP contribution in [-0.2, 0) is 16.0 Å². The summed E-state index contributed by atoms with van der Waals surface area (Å²) in [6.45, 7) is 10.4. The first-order valence-electron chi connectivity index (χ1n) is 19.5. The molecule has 2 N–H and O–H groups in total. The maximum absolute atomic E-state index is 14.3. The van der Waals surface area contributed by atoms with Gasteiger partial charge in [-0.05, 0) is 87.5 Å². The van der Waals surface area contributed by atoms with Crippen LogP contribution in [0.25, 0.3) is 0 Å². The Labute approximate surface area is 337 Å². The molecule has 4 heterocycles. The summed E-state index contributed by atoms with van der Waals surface area (Å²) in [5.74, 6) is -1.60. The minimum absolute atomic E-state index is 0.000308.